The van der Waals surface area contributed by atoms with Crippen LogP contribution in [0.5, 0.6) is 5.75 Å². The van der Waals surface area contributed by atoms with Crippen molar-refractivity contribution in [3.8, 4) is 5.75 Å². The smallest absolute Gasteiger partial charge is 0.142 e. The van der Waals surface area contributed by atoms with Crippen molar-refractivity contribution in [1.82, 2.24) is 0 Å². The lowest BCUT2D eigenvalue weighted by atomic mass is 10.1. The highest BCUT2D eigenvalue weighted by molar-refractivity contribution is 6.01. The molecule has 0 aliphatic heterocycles. The summed E-state index contributed by atoms with van der Waals surface area (Å²) in [7, 11) is 1.56. The second-order valence-electron chi connectivity index (χ2n) is 2.55. The molecule has 0 unspecified atom stereocenters. The molecule has 3 heteroatoms. The lowest BCUT2D eigenvalue weighted by Gasteiger charge is -2.07. The number of hydrogen-bond donors (Lipinski definition) is 2. The molecular formula is C11H18N2O. The standard InChI is InChI=1S/C9H12N2O.C2H6/c1-6(10)7-4-3-5-8(12-2)9(7)11;1-2/h3-5,10H,11H2,1-2H3;1-2H3. The molecule has 0 atom stereocenters. The zero-order chi connectivity index (χ0) is 11.1. The maximum Gasteiger partial charge on any atom is 0.142 e. The van der Waals surface area contributed by atoms with E-state index >= 15 is 0 Å². The van der Waals surface area contributed by atoms with Gasteiger partial charge in [-0.15, -0.1) is 0 Å². The lowest BCUT2D eigenvalue weighted by Crippen LogP contribution is -2.01. The average molecular weight is 194 g/mol. The predicted octanol–water partition coefficient (Wildman–Crippen LogP) is 2.69. The van der Waals surface area contributed by atoms with Crippen LogP contribution in [0.3, 0.4) is 0 Å². The van der Waals surface area contributed by atoms with Crippen LogP contribution in [0.15, 0.2) is 18.2 Å². The molecule has 0 aromatic heterocycles. The molecule has 0 aliphatic rings. The number of para-hydroxylation sites is 1. The first-order chi connectivity index (χ1) is 6.66. The summed E-state index contributed by atoms with van der Waals surface area (Å²) in [6, 6.07) is 5.41. The molecule has 0 bridgehead atoms. The van der Waals surface area contributed by atoms with Crippen LogP contribution in [0.25, 0.3) is 0 Å². The van der Waals surface area contributed by atoms with Crippen LogP contribution >= 0.6 is 0 Å². The zero-order valence-corrected chi connectivity index (χ0v) is 9.22. The molecule has 0 radical (unpaired) electrons. The summed E-state index contributed by atoms with van der Waals surface area (Å²) in [6.07, 6.45) is 0. The minimum atomic E-state index is 0.450. The Hall–Kier alpha value is -1.51. The van der Waals surface area contributed by atoms with E-state index in [1.165, 1.54) is 0 Å². The average Bonchev–Trinajstić information content (AvgIpc) is 2.21. The van der Waals surface area contributed by atoms with Gasteiger partial charge in [0.05, 0.1) is 12.8 Å². The fraction of sp³-hybridized carbons (Fsp3) is 0.364. The summed E-state index contributed by atoms with van der Waals surface area (Å²) in [6.45, 7) is 5.70. The quantitative estimate of drug-likeness (QED) is 0.561. The SMILES string of the molecule is CC.COc1cccc(C(C)=N)c1N. The Morgan fingerprint density at radius 3 is 2.36 bits per heavy atom. The van der Waals surface area contributed by atoms with Crippen molar-refractivity contribution >= 4 is 11.4 Å². The molecule has 0 heterocycles. The van der Waals surface area contributed by atoms with Crippen molar-refractivity contribution < 1.29 is 4.74 Å². The van der Waals surface area contributed by atoms with Gasteiger partial charge in [0.15, 0.2) is 0 Å². The molecule has 0 aliphatic carbocycles. The molecule has 0 saturated carbocycles. The van der Waals surface area contributed by atoms with Crippen molar-refractivity contribution in [2.45, 2.75) is 20.8 Å². The fourth-order valence-electron chi connectivity index (χ4n) is 1.05. The zero-order valence-electron chi connectivity index (χ0n) is 9.22. The first kappa shape index (κ1) is 12.5. The van der Waals surface area contributed by atoms with Gasteiger partial charge in [0, 0.05) is 11.3 Å². The number of nitrogen functional groups attached to an aromatic ring is 1. The molecule has 1 aromatic rings. The maximum absolute atomic E-state index is 7.41. The van der Waals surface area contributed by atoms with Gasteiger partial charge in [-0.3, -0.25) is 0 Å². The van der Waals surface area contributed by atoms with Gasteiger partial charge >= 0.3 is 0 Å². The highest BCUT2D eigenvalue weighted by Gasteiger charge is 2.05. The molecule has 0 saturated heterocycles. The number of benzene rings is 1. The monoisotopic (exact) mass is 194 g/mol. The van der Waals surface area contributed by atoms with Crippen LogP contribution < -0.4 is 10.5 Å². The first-order valence-corrected chi connectivity index (χ1v) is 4.65. The predicted molar refractivity (Wildman–Crippen MR) is 61.3 cm³/mol. The van der Waals surface area contributed by atoms with Crippen molar-refractivity contribution in [2.24, 2.45) is 0 Å². The van der Waals surface area contributed by atoms with Crippen LogP contribution in [0.4, 0.5) is 5.69 Å². The Morgan fingerprint density at radius 1 is 1.36 bits per heavy atom. The normalized spacial score (nSPS) is 8.57. The van der Waals surface area contributed by atoms with E-state index in [9.17, 15) is 0 Å². The summed E-state index contributed by atoms with van der Waals surface area (Å²) < 4.78 is 5.01. The van der Waals surface area contributed by atoms with Gasteiger partial charge < -0.3 is 15.9 Å². The van der Waals surface area contributed by atoms with Gasteiger partial charge in [0.1, 0.15) is 5.75 Å². The van der Waals surface area contributed by atoms with E-state index in [1.54, 1.807) is 26.2 Å². The van der Waals surface area contributed by atoms with E-state index in [-0.39, 0.29) is 0 Å². The molecule has 0 fully saturated rings. The number of hydrogen-bond acceptors (Lipinski definition) is 3. The number of methoxy groups -OCH3 is 1. The molecule has 1 rings (SSSR count). The van der Waals surface area contributed by atoms with Crippen LogP contribution in [0.1, 0.15) is 26.3 Å². The highest BCUT2D eigenvalue weighted by Crippen LogP contribution is 2.24. The third kappa shape index (κ3) is 2.76. The largest absolute Gasteiger partial charge is 0.495 e. The lowest BCUT2D eigenvalue weighted by molar-refractivity contribution is 0.417. The molecule has 3 nitrogen and oxygen atoms in total. The minimum Gasteiger partial charge on any atom is -0.495 e. The molecular weight excluding hydrogens is 176 g/mol. The van der Waals surface area contributed by atoms with Crippen LogP contribution in [-0.4, -0.2) is 12.8 Å². The second kappa shape index (κ2) is 6.02. The van der Waals surface area contributed by atoms with Gasteiger partial charge in [0.25, 0.3) is 0 Å². The van der Waals surface area contributed by atoms with E-state index in [4.69, 9.17) is 15.9 Å². The molecule has 1 aromatic carbocycles. The summed E-state index contributed by atoms with van der Waals surface area (Å²) in [5.74, 6) is 0.624. The highest BCUT2D eigenvalue weighted by atomic mass is 16.5. The minimum absolute atomic E-state index is 0.450. The Labute approximate surface area is 85.4 Å². The molecule has 0 spiro atoms. The van der Waals surface area contributed by atoms with Crippen molar-refractivity contribution in [3.05, 3.63) is 23.8 Å². The van der Waals surface area contributed by atoms with Crippen LogP contribution in [-0.2, 0) is 0 Å². The number of nitrogens with one attached hydrogen (secondary N) is 1. The summed E-state index contributed by atoms with van der Waals surface area (Å²) in [5, 5.41) is 7.41. The van der Waals surface area contributed by atoms with Crippen molar-refractivity contribution in [2.75, 3.05) is 12.8 Å². The third-order valence-electron chi connectivity index (χ3n) is 1.69. The Kier molecular flexibility index (Phi) is 5.37. The topological polar surface area (TPSA) is 59.1 Å². The van der Waals surface area contributed by atoms with Gasteiger partial charge in [-0.25, -0.2) is 0 Å². The third-order valence-corrected chi connectivity index (χ3v) is 1.69. The van der Waals surface area contributed by atoms with Crippen molar-refractivity contribution in [1.29, 1.82) is 5.41 Å². The van der Waals surface area contributed by atoms with E-state index in [0.717, 1.165) is 5.56 Å². The number of ether oxygens (including phenoxy) is 1. The molecule has 14 heavy (non-hydrogen) atoms. The molecule has 3 N–H and O–H groups in total. The molecule has 78 valence electrons. The number of nitrogens with two attached hydrogens (primary N) is 1. The summed E-state index contributed by atoms with van der Waals surface area (Å²) in [5.41, 5.74) is 7.44. The second-order valence-corrected chi connectivity index (χ2v) is 2.55. The van der Waals surface area contributed by atoms with E-state index in [2.05, 4.69) is 0 Å². The Balaban J connectivity index is 0.000000791. The van der Waals surface area contributed by atoms with Gasteiger partial charge in [-0.2, -0.15) is 0 Å². The fourth-order valence-corrected chi connectivity index (χ4v) is 1.05. The van der Waals surface area contributed by atoms with Gasteiger partial charge in [-0.05, 0) is 13.0 Å². The van der Waals surface area contributed by atoms with E-state index in [1.807, 2.05) is 19.9 Å². The van der Waals surface area contributed by atoms with E-state index < -0.39 is 0 Å². The van der Waals surface area contributed by atoms with Gasteiger partial charge in [0.2, 0.25) is 0 Å². The Morgan fingerprint density at radius 2 is 1.93 bits per heavy atom. The van der Waals surface area contributed by atoms with Gasteiger partial charge in [-0.1, -0.05) is 26.0 Å². The number of rotatable bonds is 2. The van der Waals surface area contributed by atoms with Crippen LogP contribution in [0.2, 0.25) is 0 Å². The number of anilines is 1. The summed E-state index contributed by atoms with van der Waals surface area (Å²) in [4.78, 5) is 0. The van der Waals surface area contributed by atoms with E-state index in [0.29, 0.717) is 17.1 Å². The maximum atomic E-state index is 7.41. The molecule has 0 amide bonds. The van der Waals surface area contributed by atoms with Crippen LogP contribution in [0, 0.1) is 5.41 Å². The summed E-state index contributed by atoms with van der Waals surface area (Å²) >= 11 is 0. The Bertz CT molecular complexity index is 308. The van der Waals surface area contributed by atoms with Crippen molar-refractivity contribution in [3.63, 3.8) is 0 Å². The first-order valence-electron chi connectivity index (χ1n) is 4.65.